The molecule has 20 heavy (non-hydrogen) atoms. The monoisotopic (exact) mass is 275 g/mol. The summed E-state index contributed by atoms with van der Waals surface area (Å²) in [5.74, 6) is 1.90. The highest BCUT2D eigenvalue weighted by Gasteiger charge is 2.28. The van der Waals surface area contributed by atoms with Crippen LogP contribution in [0.3, 0.4) is 0 Å². The summed E-state index contributed by atoms with van der Waals surface area (Å²) >= 11 is 0. The van der Waals surface area contributed by atoms with Gasteiger partial charge in [-0.15, -0.1) is 0 Å². The fourth-order valence-electron chi connectivity index (χ4n) is 2.42. The number of hydrogen-bond acceptors (Lipinski definition) is 6. The van der Waals surface area contributed by atoms with Gasteiger partial charge in [-0.2, -0.15) is 4.98 Å². The average Bonchev–Trinajstić information content (AvgIpc) is 3.07. The Morgan fingerprint density at radius 1 is 1.45 bits per heavy atom. The molecule has 0 radical (unpaired) electrons. The summed E-state index contributed by atoms with van der Waals surface area (Å²) in [4.78, 5) is 4.40. The summed E-state index contributed by atoms with van der Waals surface area (Å²) in [7, 11) is 1.64. The molecular formula is C14H17N3O3. The Bertz CT molecular complexity index is 611. The number of β-amino-alcohol motifs (C(OH)–C–C–N with tert-alkyl or cyclic N) is 1. The van der Waals surface area contributed by atoms with Gasteiger partial charge >= 0.3 is 0 Å². The normalized spacial score (nSPS) is 22.1. The van der Waals surface area contributed by atoms with Crippen LogP contribution in [0.15, 0.2) is 22.7 Å². The van der Waals surface area contributed by atoms with Crippen LogP contribution in [-0.2, 0) is 0 Å². The Hall–Kier alpha value is -1.92. The second-order valence-electron chi connectivity index (χ2n) is 4.99. The van der Waals surface area contributed by atoms with Gasteiger partial charge in [0.2, 0.25) is 11.7 Å². The molecule has 1 aromatic heterocycles. The van der Waals surface area contributed by atoms with Crippen LogP contribution >= 0.6 is 0 Å². The molecule has 6 heteroatoms. The van der Waals surface area contributed by atoms with E-state index in [1.165, 1.54) is 0 Å². The van der Waals surface area contributed by atoms with Crippen molar-refractivity contribution in [3.63, 3.8) is 0 Å². The standard InChI is InChI=1S/C14H17N3O3/c1-8-5-9(3-4-12(8)19-2)13-16-14(20-17-13)11-6-10(18)7-15-11/h3-5,10-11,15,18H,6-7H2,1-2H3/t10?,11-/m0/s1. The Labute approximate surface area is 116 Å². The predicted octanol–water partition coefficient (Wildman–Crippen LogP) is 1.45. The van der Waals surface area contributed by atoms with Crippen molar-refractivity contribution in [1.29, 1.82) is 0 Å². The van der Waals surface area contributed by atoms with Gasteiger partial charge in [0.25, 0.3) is 0 Å². The third-order valence-electron chi connectivity index (χ3n) is 3.50. The highest BCUT2D eigenvalue weighted by Crippen LogP contribution is 2.27. The average molecular weight is 275 g/mol. The van der Waals surface area contributed by atoms with E-state index in [9.17, 15) is 5.11 Å². The van der Waals surface area contributed by atoms with Gasteiger partial charge in [-0.3, -0.25) is 0 Å². The maximum atomic E-state index is 9.51. The number of hydrogen-bond donors (Lipinski definition) is 2. The van der Waals surface area contributed by atoms with Gasteiger partial charge in [-0.25, -0.2) is 0 Å². The van der Waals surface area contributed by atoms with Crippen molar-refractivity contribution in [2.45, 2.75) is 25.5 Å². The second-order valence-corrected chi connectivity index (χ2v) is 4.99. The first-order valence-corrected chi connectivity index (χ1v) is 6.57. The molecule has 0 bridgehead atoms. The van der Waals surface area contributed by atoms with E-state index in [4.69, 9.17) is 9.26 Å². The molecule has 6 nitrogen and oxygen atoms in total. The van der Waals surface area contributed by atoms with Crippen LogP contribution in [0.25, 0.3) is 11.4 Å². The van der Waals surface area contributed by atoms with Gasteiger partial charge in [0.05, 0.1) is 19.3 Å². The van der Waals surface area contributed by atoms with E-state index in [2.05, 4.69) is 15.5 Å². The van der Waals surface area contributed by atoms with E-state index in [-0.39, 0.29) is 12.1 Å². The summed E-state index contributed by atoms with van der Waals surface area (Å²) < 4.78 is 10.5. The minimum atomic E-state index is -0.349. The van der Waals surface area contributed by atoms with Crippen molar-refractivity contribution in [1.82, 2.24) is 15.5 Å². The minimum Gasteiger partial charge on any atom is -0.496 e. The highest BCUT2D eigenvalue weighted by atomic mass is 16.5. The van der Waals surface area contributed by atoms with Gasteiger partial charge < -0.3 is 19.7 Å². The number of methoxy groups -OCH3 is 1. The largest absolute Gasteiger partial charge is 0.496 e. The first-order valence-electron chi connectivity index (χ1n) is 6.57. The van der Waals surface area contributed by atoms with E-state index >= 15 is 0 Å². The fraction of sp³-hybridized carbons (Fsp3) is 0.429. The Kier molecular flexibility index (Phi) is 3.42. The molecule has 0 spiro atoms. The molecule has 1 aromatic carbocycles. The van der Waals surface area contributed by atoms with Crippen molar-refractivity contribution >= 4 is 0 Å². The SMILES string of the molecule is COc1ccc(-c2noc([C@@H]3CC(O)CN3)n2)cc1C. The Morgan fingerprint density at radius 3 is 2.95 bits per heavy atom. The zero-order valence-electron chi connectivity index (χ0n) is 11.5. The summed E-state index contributed by atoms with van der Waals surface area (Å²) in [6.45, 7) is 2.53. The number of aliphatic hydroxyl groups excluding tert-OH is 1. The summed E-state index contributed by atoms with van der Waals surface area (Å²) in [5, 5.41) is 16.7. The molecule has 2 aromatic rings. The number of benzene rings is 1. The number of aliphatic hydroxyl groups is 1. The lowest BCUT2D eigenvalue weighted by Gasteiger charge is -2.04. The van der Waals surface area contributed by atoms with Crippen LogP contribution in [0.5, 0.6) is 5.75 Å². The first-order chi connectivity index (χ1) is 9.67. The van der Waals surface area contributed by atoms with Crippen molar-refractivity contribution in [3.8, 4) is 17.1 Å². The smallest absolute Gasteiger partial charge is 0.244 e. The van der Waals surface area contributed by atoms with Crippen molar-refractivity contribution in [2.24, 2.45) is 0 Å². The molecule has 1 fully saturated rings. The quantitative estimate of drug-likeness (QED) is 0.882. The molecule has 1 aliphatic heterocycles. The zero-order chi connectivity index (χ0) is 14.1. The van der Waals surface area contributed by atoms with Gasteiger partial charge in [0.15, 0.2) is 0 Å². The van der Waals surface area contributed by atoms with Crippen LogP contribution in [-0.4, -0.2) is 35.0 Å². The summed E-state index contributed by atoms with van der Waals surface area (Å²) in [6, 6.07) is 5.69. The van der Waals surface area contributed by atoms with E-state index < -0.39 is 0 Å². The fourth-order valence-corrected chi connectivity index (χ4v) is 2.42. The van der Waals surface area contributed by atoms with E-state index in [1.807, 2.05) is 25.1 Å². The number of ether oxygens (including phenoxy) is 1. The lowest BCUT2D eigenvalue weighted by molar-refractivity contribution is 0.191. The number of rotatable bonds is 3. The van der Waals surface area contributed by atoms with Gasteiger partial charge in [0, 0.05) is 12.1 Å². The Morgan fingerprint density at radius 2 is 2.30 bits per heavy atom. The molecule has 0 aliphatic carbocycles. The molecule has 0 amide bonds. The van der Waals surface area contributed by atoms with Crippen LogP contribution in [0.2, 0.25) is 0 Å². The molecule has 106 valence electrons. The number of nitrogens with zero attached hydrogens (tertiary/aromatic N) is 2. The van der Waals surface area contributed by atoms with Gasteiger partial charge in [0.1, 0.15) is 5.75 Å². The Balaban J connectivity index is 1.84. The van der Waals surface area contributed by atoms with E-state index in [0.29, 0.717) is 24.7 Å². The maximum absolute atomic E-state index is 9.51. The number of aromatic nitrogens is 2. The topological polar surface area (TPSA) is 80.4 Å². The van der Waals surface area contributed by atoms with E-state index in [1.54, 1.807) is 7.11 Å². The highest BCUT2D eigenvalue weighted by molar-refractivity contribution is 5.58. The summed E-state index contributed by atoms with van der Waals surface area (Å²) in [5.41, 5.74) is 1.91. The summed E-state index contributed by atoms with van der Waals surface area (Å²) in [6.07, 6.45) is 0.252. The maximum Gasteiger partial charge on any atom is 0.244 e. The third kappa shape index (κ3) is 2.39. The van der Waals surface area contributed by atoms with Gasteiger partial charge in [-0.05, 0) is 37.1 Å². The lowest BCUT2D eigenvalue weighted by atomic mass is 10.1. The van der Waals surface area contributed by atoms with Gasteiger partial charge in [-0.1, -0.05) is 5.16 Å². The van der Waals surface area contributed by atoms with Crippen molar-refractivity contribution < 1.29 is 14.4 Å². The zero-order valence-corrected chi connectivity index (χ0v) is 11.5. The van der Waals surface area contributed by atoms with Crippen molar-refractivity contribution in [3.05, 3.63) is 29.7 Å². The van der Waals surface area contributed by atoms with Crippen LogP contribution in [0, 0.1) is 6.92 Å². The molecule has 2 atom stereocenters. The minimum absolute atomic E-state index is 0.0643. The first kappa shape index (κ1) is 13.1. The van der Waals surface area contributed by atoms with Crippen LogP contribution in [0.1, 0.15) is 23.9 Å². The molecule has 3 rings (SSSR count). The molecule has 2 heterocycles. The van der Waals surface area contributed by atoms with E-state index in [0.717, 1.165) is 16.9 Å². The molecule has 1 saturated heterocycles. The van der Waals surface area contributed by atoms with Crippen LogP contribution in [0.4, 0.5) is 0 Å². The molecule has 2 N–H and O–H groups in total. The second kappa shape index (κ2) is 5.22. The lowest BCUT2D eigenvalue weighted by Crippen LogP contribution is -2.15. The molecule has 0 saturated carbocycles. The number of aryl methyl sites for hydroxylation is 1. The molecule has 1 unspecified atom stereocenters. The number of nitrogens with one attached hydrogen (secondary N) is 1. The third-order valence-corrected chi connectivity index (χ3v) is 3.50. The predicted molar refractivity (Wildman–Crippen MR) is 72.4 cm³/mol. The molecular weight excluding hydrogens is 258 g/mol. The van der Waals surface area contributed by atoms with Crippen LogP contribution < -0.4 is 10.1 Å². The van der Waals surface area contributed by atoms with Crippen molar-refractivity contribution in [2.75, 3.05) is 13.7 Å². The molecule has 1 aliphatic rings.